The molecule has 0 bridgehead atoms. The Morgan fingerprint density at radius 3 is 2.48 bits per heavy atom. The summed E-state index contributed by atoms with van der Waals surface area (Å²) in [5.74, 6) is 1.46. The lowest BCUT2D eigenvalue weighted by atomic mass is 10.2. The maximum atomic E-state index is 10.8. The van der Waals surface area contributed by atoms with Crippen LogP contribution in [0.3, 0.4) is 0 Å². The maximum Gasteiger partial charge on any atom is 0.269 e. The minimum absolute atomic E-state index is 0.0530. The standard InChI is InChI=1S/C18H16N4O2S/c1-2-12-21-17(15-8-10-16(11-9-15)22(23)24)19-20-18(21)25-13-14-6-4-3-5-7-14/h2-11H,1,12-13H2. The molecule has 0 amide bonds. The van der Waals surface area contributed by atoms with Crippen molar-refractivity contribution in [2.45, 2.75) is 17.5 Å². The molecule has 1 aromatic heterocycles. The molecule has 0 atom stereocenters. The number of benzene rings is 2. The average Bonchev–Trinajstić information content (AvgIpc) is 3.04. The monoisotopic (exact) mass is 352 g/mol. The van der Waals surface area contributed by atoms with Crippen molar-refractivity contribution < 1.29 is 4.92 Å². The zero-order chi connectivity index (χ0) is 17.6. The Bertz CT molecular complexity index is 876. The molecule has 7 heteroatoms. The normalized spacial score (nSPS) is 10.6. The van der Waals surface area contributed by atoms with E-state index in [1.54, 1.807) is 30.0 Å². The maximum absolute atomic E-state index is 10.8. The molecule has 1 heterocycles. The van der Waals surface area contributed by atoms with Crippen LogP contribution in [0.15, 0.2) is 72.4 Å². The molecular formula is C18H16N4O2S. The first-order chi connectivity index (χ1) is 12.2. The third-order valence-electron chi connectivity index (χ3n) is 3.58. The molecule has 0 aliphatic heterocycles. The largest absolute Gasteiger partial charge is 0.298 e. The Kier molecular flexibility index (Phi) is 5.25. The highest BCUT2D eigenvalue weighted by Crippen LogP contribution is 2.27. The van der Waals surface area contributed by atoms with Gasteiger partial charge in [-0.3, -0.25) is 14.7 Å². The van der Waals surface area contributed by atoms with Gasteiger partial charge in [-0.15, -0.1) is 16.8 Å². The van der Waals surface area contributed by atoms with Crippen molar-refractivity contribution in [2.75, 3.05) is 0 Å². The molecule has 3 rings (SSSR count). The number of hydrogen-bond donors (Lipinski definition) is 0. The highest BCUT2D eigenvalue weighted by Gasteiger charge is 2.15. The SMILES string of the molecule is C=CCn1c(SCc2ccccc2)nnc1-c1ccc([N+](=O)[O-])cc1. The van der Waals surface area contributed by atoms with Crippen LogP contribution in [-0.2, 0) is 12.3 Å². The van der Waals surface area contributed by atoms with Gasteiger partial charge >= 0.3 is 0 Å². The second kappa shape index (κ2) is 7.76. The van der Waals surface area contributed by atoms with Gasteiger partial charge in [-0.05, 0) is 17.7 Å². The lowest BCUT2D eigenvalue weighted by Gasteiger charge is -2.07. The van der Waals surface area contributed by atoms with Gasteiger partial charge in [-0.2, -0.15) is 0 Å². The molecule has 0 radical (unpaired) electrons. The van der Waals surface area contributed by atoms with Crippen molar-refractivity contribution in [3.8, 4) is 11.4 Å². The highest BCUT2D eigenvalue weighted by atomic mass is 32.2. The number of non-ortho nitro benzene ring substituents is 1. The zero-order valence-corrected chi connectivity index (χ0v) is 14.2. The van der Waals surface area contributed by atoms with E-state index in [2.05, 4.69) is 28.9 Å². The van der Waals surface area contributed by atoms with Crippen molar-refractivity contribution in [3.63, 3.8) is 0 Å². The fourth-order valence-corrected chi connectivity index (χ4v) is 3.26. The molecule has 0 aliphatic rings. The number of thioether (sulfide) groups is 1. The molecule has 6 nitrogen and oxygen atoms in total. The highest BCUT2D eigenvalue weighted by molar-refractivity contribution is 7.98. The summed E-state index contributed by atoms with van der Waals surface area (Å²) in [6.45, 7) is 4.36. The van der Waals surface area contributed by atoms with Gasteiger partial charge in [0.15, 0.2) is 11.0 Å². The topological polar surface area (TPSA) is 73.8 Å². The molecule has 3 aromatic rings. The first-order valence-corrected chi connectivity index (χ1v) is 8.63. The van der Waals surface area contributed by atoms with Crippen molar-refractivity contribution in [2.24, 2.45) is 0 Å². The summed E-state index contributed by atoms with van der Waals surface area (Å²) < 4.78 is 1.96. The Morgan fingerprint density at radius 1 is 1.12 bits per heavy atom. The summed E-state index contributed by atoms with van der Waals surface area (Å²) in [6, 6.07) is 16.5. The number of allylic oxidation sites excluding steroid dienone is 1. The fraction of sp³-hybridized carbons (Fsp3) is 0.111. The van der Waals surface area contributed by atoms with Crippen molar-refractivity contribution >= 4 is 17.4 Å². The molecule has 0 fully saturated rings. The lowest BCUT2D eigenvalue weighted by molar-refractivity contribution is -0.384. The number of hydrogen-bond acceptors (Lipinski definition) is 5. The molecule has 0 saturated heterocycles. The molecule has 2 aromatic carbocycles. The number of rotatable bonds is 7. The Morgan fingerprint density at radius 2 is 1.84 bits per heavy atom. The predicted molar refractivity (Wildman–Crippen MR) is 98.3 cm³/mol. The second-order valence-corrected chi connectivity index (χ2v) is 6.23. The third-order valence-corrected chi connectivity index (χ3v) is 4.61. The van der Waals surface area contributed by atoms with E-state index in [4.69, 9.17) is 0 Å². The van der Waals surface area contributed by atoms with Crippen LogP contribution in [-0.4, -0.2) is 19.7 Å². The first kappa shape index (κ1) is 16.9. The van der Waals surface area contributed by atoms with E-state index >= 15 is 0 Å². The third kappa shape index (κ3) is 3.95. The molecule has 0 N–H and O–H groups in total. The molecule has 0 saturated carbocycles. The summed E-state index contributed by atoms with van der Waals surface area (Å²) >= 11 is 1.60. The minimum Gasteiger partial charge on any atom is -0.298 e. The van der Waals surface area contributed by atoms with E-state index in [0.717, 1.165) is 16.5 Å². The number of aromatic nitrogens is 3. The van der Waals surface area contributed by atoms with Gasteiger partial charge in [-0.1, -0.05) is 48.2 Å². The van der Waals surface area contributed by atoms with Crippen LogP contribution in [0, 0.1) is 10.1 Å². The molecule has 0 spiro atoms. The van der Waals surface area contributed by atoms with Crippen LogP contribution in [0.4, 0.5) is 5.69 Å². The quantitative estimate of drug-likeness (QED) is 0.274. The van der Waals surface area contributed by atoms with Gasteiger partial charge in [0.2, 0.25) is 0 Å². The fourth-order valence-electron chi connectivity index (χ4n) is 2.36. The van der Waals surface area contributed by atoms with Gasteiger partial charge in [-0.25, -0.2) is 0 Å². The van der Waals surface area contributed by atoms with Gasteiger partial charge < -0.3 is 0 Å². The first-order valence-electron chi connectivity index (χ1n) is 7.64. The second-order valence-electron chi connectivity index (χ2n) is 5.28. The summed E-state index contributed by atoms with van der Waals surface area (Å²) in [5.41, 5.74) is 2.04. The summed E-state index contributed by atoms with van der Waals surface area (Å²) in [4.78, 5) is 10.4. The van der Waals surface area contributed by atoms with Crippen LogP contribution in [0.5, 0.6) is 0 Å². The molecule has 0 aliphatic carbocycles. The van der Waals surface area contributed by atoms with E-state index < -0.39 is 4.92 Å². The summed E-state index contributed by atoms with van der Waals surface area (Å²) in [5, 5.41) is 20.1. The van der Waals surface area contributed by atoms with Crippen LogP contribution in [0.2, 0.25) is 0 Å². The van der Waals surface area contributed by atoms with Gasteiger partial charge in [0, 0.05) is 30.0 Å². The van der Waals surface area contributed by atoms with Crippen LogP contribution in [0.1, 0.15) is 5.56 Å². The van der Waals surface area contributed by atoms with Gasteiger partial charge in [0.25, 0.3) is 5.69 Å². The van der Waals surface area contributed by atoms with E-state index in [0.29, 0.717) is 12.4 Å². The zero-order valence-electron chi connectivity index (χ0n) is 13.4. The Labute approximate surface area is 149 Å². The predicted octanol–water partition coefficient (Wildman–Crippen LogP) is 4.33. The van der Waals surface area contributed by atoms with Gasteiger partial charge in [0.1, 0.15) is 0 Å². The number of nitro benzene ring substituents is 1. The van der Waals surface area contributed by atoms with Crippen LogP contribution < -0.4 is 0 Å². The van der Waals surface area contributed by atoms with Gasteiger partial charge in [0.05, 0.1) is 4.92 Å². The average molecular weight is 352 g/mol. The molecular weight excluding hydrogens is 336 g/mol. The lowest BCUT2D eigenvalue weighted by Crippen LogP contribution is -2.01. The Hall–Kier alpha value is -2.93. The van der Waals surface area contributed by atoms with E-state index in [1.165, 1.54) is 17.7 Å². The summed E-state index contributed by atoms with van der Waals surface area (Å²) in [7, 11) is 0. The summed E-state index contributed by atoms with van der Waals surface area (Å²) in [6.07, 6.45) is 1.78. The Balaban J connectivity index is 1.86. The van der Waals surface area contributed by atoms with E-state index in [1.807, 2.05) is 22.8 Å². The van der Waals surface area contributed by atoms with Crippen molar-refractivity contribution in [1.29, 1.82) is 0 Å². The smallest absolute Gasteiger partial charge is 0.269 e. The number of nitro groups is 1. The minimum atomic E-state index is -0.417. The van der Waals surface area contributed by atoms with Crippen molar-refractivity contribution in [1.82, 2.24) is 14.8 Å². The molecule has 126 valence electrons. The van der Waals surface area contributed by atoms with E-state index in [9.17, 15) is 10.1 Å². The van der Waals surface area contributed by atoms with Crippen molar-refractivity contribution in [3.05, 3.63) is 82.9 Å². The number of nitrogens with zero attached hydrogens (tertiary/aromatic N) is 4. The van der Waals surface area contributed by atoms with E-state index in [-0.39, 0.29) is 5.69 Å². The van der Waals surface area contributed by atoms with Crippen LogP contribution >= 0.6 is 11.8 Å². The van der Waals surface area contributed by atoms with Crippen LogP contribution in [0.25, 0.3) is 11.4 Å². The molecule has 25 heavy (non-hydrogen) atoms. The molecule has 0 unspecified atom stereocenters.